The third-order valence-electron chi connectivity index (χ3n) is 3.79. The minimum Gasteiger partial charge on any atom is -0.540 e. The second kappa shape index (κ2) is 4.83. The average molecular weight is 298 g/mol. The van der Waals surface area contributed by atoms with Crippen molar-refractivity contribution in [2.75, 3.05) is 6.54 Å². The maximum Gasteiger partial charge on any atom is 0.239 e. The number of nitrogens with zero attached hydrogens (tertiary/aromatic N) is 2. The molecule has 0 aromatic rings. The van der Waals surface area contributed by atoms with Crippen LogP contribution in [0.3, 0.4) is 0 Å². The van der Waals surface area contributed by atoms with Gasteiger partial charge in [-0.1, -0.05) is 20.3 Å². The molecular formula is C11H17N2O2Y-. The van der Waals surface area contributed by atoms with Crippen LogP contribution in [0.4, 0.5) is 0 Å². The first-order valence-electron chi connectivity index (χ1n) is 5.51. The Labute approximate surface area is 122 Å². The first-order chi connectivity index (χ1) is 7.01. The summed E-state index contributed by atoms with van der Waals surface area (Å²) in [6.07, 6.45) is 3.71. The molecule has 0 N–H and O–H groups in total. The zero-order chi connectivity index (χ0) is 11.2. The number of hydrogen-bond acceptors (Lipinski definition) is 3. The Morgan fingerprint density at radius 2 is 2.06 bits per heavy atom. The minimum absolute atomic E-state index is 0. The van der Waals surface area contributed by atoms with Crippen LogP contribution in [0, 0.1) is 5.92 Å². The Balaban J connectivity index is 0.00000128. The van der Waals surface area contributed by atoms with E-state index in [2.05, 4.69) is 0 Å². The average Bonchev–Trinajstić information content (AvgIpc) is 2.45. The fourth-order valence-corrected chi connectivity index (χ4v) is 2.58. The van der Waals surface area contributed by atoms with Gasteiger partial charge in [0.25, 0.3) is 0 Å². The van der Waals surface area contributed by atoms with E-state index in [-0.39, 0.29) is 50.6 Å². The van der Waals surface area contributed by atoms with E-state index in [0.717, 1.165) is 19.4 Å². The molecule has 0 bridgehead atoms. The van der Waals surface area contributed by atoms with Gasteiger partial charge in [-0.2, -0.15) is 0 Å². The third-order valence-corrected chi connectivity index (χ3v) is 3.79. The number of hydrogen-bond donors (Lipinski definition) is 0. The van der Waals surface area contributed by atoms with Crippen LogP contribution >= 0.6 is 0 Å². The standard InChI is InChI=1S/C11H17N2O2.Y/c1-8-9(2)12-6-4-5-11(3,7-14)13(12)10(8)15;/h8-9H,4-6H2,1-3H3;/q-1;. The molecule has 3 atom stereocenters. The maximum atomic E-state index is 12.0. The van der Waals surface area contributed by atoms with Crippen molar-refractivity contribution >= 4 is 12.2 Å². The van der Waals surface area contributed by atoms with Crippen LogP contribution in [0.25, 0.3) is 0 Å². The zero-order valence-corrected chi connectivity index (χ0v) is 12.9. The number of hydrazine groups is 1. The Kier molecular flexibility index (Phi) is 4.31. The van der Waals surface area contributed by atoms with Crippen LogP contribution < -0.4 is 0 Å². The predicted molar refractivity (Wildman–Crippen MR) is 55.5 cm³/mol. The van der Waals surface area contributed by atoms with Gasteiger partial charge in [-0.05, 0) is 18.9 Å². The second-order valence-electron chi connectivity index (χ2n) is 4.82. The largest absolute Gasteiger partial charge is 0.540 e. The summed E-state index contributed by atoms with van der Waals surface area (Å²) in [5.74, 6) is 0.0452. The number of carbonyl (C=O) groups excluding carboxylic acids is 2. The molecule has 2 saturated heterocycles. The van der Waals surface area contributed by atoms with E-state index in [1.807, 2.05) is 25.1 Å². The molecule has 5 heteroatoms. The van der Waals surface area contributed by atoms with Crippen LogP contribution in [0.5, 0.6) is 0 Å². The van der Waals surface area contributed by atoms with Gasteiger partial charge in [0.15, 0.2) is 0 Å². The molecule has 3 unspecified atom stereocenters. The van der Waals surface area contributed by atoms with Gasteiger partial charge in [0.05, 0.1) is 5.92 Å². The van der Waals surface area contributed by atoms with Gasteiger partial charge in [-0.3, -0.25) is 9.80 Å². The Morgan fingerprint density at radius 1 is 1.44 bits per heavy atom. The normalized spacial score (nSPS) is 39.2. The van der Waals surface area contributed by atoms with Crippen LogP contribution in [0.2, 0.25) is 0 Å². The molecule has 1 amide bonds. The van der Waals surface area contributed by atoms with E-state index in [4.69, 9.17) is 0 Å². The maximum absolute atomic E-state index is 12.0. The number of rotatable bonds is 1. The van der Waals surface area contributed by atoms with Gasteiger partial charge >= 0.3 is 0 Å². The van der Waals surface area contributed by atoms with Crippen molar-refractivity contribution in [2.45, 2.75) is 45.2 Å². The molecule has 1 radical (unpaired) electrons. The van der Waals surface area contributed by atoms with Crippen molar-refractivity contribution in [1.29, 1.82) is 0 Å². The van der Waals surface area contributed by atoms with E-state index < -0.39 is 5.54 Å². The SMILES string of the molecule is CC1C(=O)N2N(CCCC2(C)[C-]=O)C1C.[Y]. The third kappa shape index (κ3) is 1.89. The van der Waals surface area contributed by atoms with Crippen molar-refractivity contribution < 1.29 is 42.3 Å². The van der Waals surface area contributed by atoms with E-state index in [1.54, 1.807) is 11.9 Å². The van der Waals surface area contributed by atoms with Crippen LogP contribution in [0.15, 0.2) is 0 Å². The van der Waals surface area contributed by atoms with Crippen molar-refractivity contribution in [3.8, 4) is 0 Å². The fraction of sp³-hybridized carbons (Fsp3) is 0.818. The fourth-order valence-electron chi connectivity index (χ4n) is 2.58. The van der Waals surface area contributed by atoms with Crippen molar-refractivity contribution in [1.82, 2.24) is 10.0 Å². The first-order valence-corrected chi connectivity index (χ1v) is 5.51. The quantitative estimate of drug-likeness (QED) is 0.670. The molecule has 87 valence electrons. The second-order valence-corrected chi connectivity index (χ2v) is 4.82. The molecule has 2 rings (SSSR count). The molecular weight excluding hydrogens is 281 g/mol. The molecule has 2 fully saturated rings. The van der Waals surface area contributed by atoms with Crippen LogP contribution in [-0.4, -0.2) is 40.3 Å². The smallest absolute Gasteiger partial charge is 0.239 e. The zero-order valence-electron chi connectivity index (χ0n) is 10.1. The molecule has 0 aromatic carbocycles. The summed E-state index contributed by atoms with van der Waals surface area (Å²) in [6.45, 7) is 6.64. The van der Waals surface area contributed by atoms with Crippen LogP contribution in [-0.2, 0) is 42.3 Å². The Bertz CT molecular complexity index is 310. The van der Waals surface area contributed by atoms with Gasteiger partial charge < -0.3 is 4.79 Å². The van der Waals surface area contributed by atoms with Crippen LogP contribution in [0.1, 0.15) is 33.6 Å². The van der Waals surface area contributed by atoms with Crippen molar-refractivity contribution in [3.63, 3.8) is 0 Å². The Morgan fingerprint density at radius 3 is 2.62 bits per heavy atom. The van der Waals surface area contributed by atoms with Gasteiger partial charge in [0.2, 0.25) is 5.91 Å². The molecule has 0 aliphatic carbocycles. The summed E-state index contributed by atoms with van der Waals surface area (Å²) in [5.41, 5.74) is -0.742. The van der Waals surface area contributed by atoms with Gasteiger partial charge in [0, 0.05) is 45.3 Å². The summed E-state index contributed by atoms with van der Waals surface area (Å²) in [6, 6.07) is 0.200. The van der Waals surface area contributed by atoms with E-state index >= 15 is 0 Å². The summed E-state index contributed by atoms with van der Waals surface area (Å²) in [5, 5.41) is 3.67. The van der Waals surface area contributed by atoms with Gasteiger partial charge in [-0.15, -0.1) is 0 Å². The first kappa shape index (κ1) is 14.3. The van der Waals surface area contributed by atoms with Crippen molar-refractivity contribution in [2.24, 2.45) is 5.92 Å². The minimum atomic E-state index is -0.742. The summed E-state index contributed by atoms with van der Waals surface area (Å²) in [4.78, 5) is 23.1. The summed E-state index contributed by atoms with van der Waals surface area (Å²) >= 11 is 0. The summed E-state index contributed by atoms with van der Waals surface area (Å²) < 4.78 is 0. The predicted octanol–water partition coefficient (Wildman–Crippen LogP) is 0.730. The molecule has 0 saturated carbocycles. The number of carbonyl (C=O) groups is 1. The van der Waals surface area contributed by atoms with Crippen molar-refractivity contribution in [3.05, 3.63) is 0 Å². The topological polar surface area (TPSA) is 40.6 Å². The molecule has 0 spiro atoms. The van der Waals surface area contributed by atoms with Gasteiger partial charge in [-0.25, -0.2) is 11.3 Å². The molecule has 0 aromatic heterocycles. The van der Waals surface area contributed by atoms with E-state index in [1.165, 1.54) is 0 Å². The van der Waals surface area contributed by atoms with E-state index in [9.17, 15) is 9.59 Å². The summed E-state index contributed by atoms with van der Waals surface area (Å²) in [7, 11) is 0. The molecule has 16 heavy (non-hydrogen) atoms. The molecule has 4 nitrogen and oxygen atoms in total. The molecule has 2 aliphatic rings. The molecule has 2 heterocycles. The molecule has 2 aliphatic heterocycles. The van der Waals surface area contributed by atoms with Gasteiger partial charge in [0.1, 0.15) is 0 Å². The Hall–Kier alpha value is 0.204. The number of amides is 1. The van der Waals surface area contributed by atoms with E-state index in [0.29, 0.717) is 0 Å². The monoisotopic (exact) mass is 298 g/mol. The number of fused-ring (bicyclic) bond motifs is 1.